The Hall–Kier alpha value is -0.560. The van der Waals surface area contributed by atoms with Gasteiger partial charge in [-0.2, -0.15) is 0 Å². The molecule has 2 heteroatoms. The summed E-state index contributed by atoms with van der Waals surface area (Å²) in [5.74, 6) is 0.798. The summed E-state index contributed by atoms with van der Waals surface area (Å²) in [6, 6.07) is 0. The molecule has 0 aliphatic carbocycles. The van der Waals surface area contributed by atoms with E-state index >= 15 is 0 Å². The Kier molecular flexibility index (Phi) is 29.0. The van der Waals surface area contributed by atoms with Crippen LogP contribution in [0.2, 0.25) is 0 Å². The quantitative estimate of drug-likeness (QED) is 0.0515. The second-order valence-corrected chi connectivity index (χ2v) is 12.5. The molecule has 0 aliphatic heterocycles. The lowest BCUT2D eigenvalue weighted by Gasteiger charge is -2.29. The molecular formula is C36H72N2. The highest BCUT2D eigenvalue weighted by Gasteiger charge is 2.08. The van der Waals surface area contributed by atoms with Crippen LogP contribution in [0, 0.1) is 5.92 Å². The van der Waals surface area contributed by atoms with Gasteiger partial charge in [0.15, 0.2) is 0 Å². The number of allylic oxidation sites excluding steroid dienone is 1. The van der Waals surface area contributed by atoms with Crippen LogP contribution >= 0.6 is 0 Å². The molecular weight excluding hydrogens is 460 g/mol. The summed E-state index contributed by atoms with van der Waals surface area (Å²) in [6.07, 6.45) is 34.6. The van der Waals surface area contributed by atoms with Gasteiger partial charge in [-0.1, -0.05) is 156 Å². The van der Waals surface area contributed by atoms with Crippen LogP contribution in [0.4, 0.5) is 0 Å². The van der Waals surface area contributed by atoms with Crippen molar-refractivity contribution in [2.24, 2.45) is 5.92 Å². The van der Waals surface area contributed by atoms with Crippen molar-refractivity contribution in [2.45, 2.75) is 181 Å². The van der Waals surface area contributed by atoms with E-state index < -0.39 is 0 Å². The van der Waals surface area contributed by atoms with E-state index in [4.69, 9.17) is 0 Å². The van der Waals surface area contributed by atoms with Crippen LogP contribution in [0.1, 0.15) is 181 Å². The highest BCUT2D eigenvalue weighted by molar-refractivity contribution is 4.99. The van der Waals surface area contributed by atoms with Crippen LogP contribution in [0.3, 0.4) is 0 Å². The number of hydrazine groups is 1. The van der Waals surface area contributed by atoms with Crippen molar-refractivity contribution >= 4 is 0 Å². The fourth-order valence-electron chi connectivity index (χ4n) is 5.69. The summed E-state index contributed by atoms with van der Waals surface area (Å²) in [5.41, 5.74) is 4.78. The first-order chi connectivity index (χ1) is 18.5. The molecule has 0 fully saturated rings. The van der Waals surface area contributed by atoms with Gasteiger partial charge in [0.05, 0.1) is 0 Å². The zero-order valence-electron chi connectivity index (χ0n) is 27.3. The molecule has 0 saturated heterocycles. The third kappa shape index (κ3) is 25.7. The summed E-state index contributed by atoms with van der Waals surface area (Å²) in [4.78, 5) is 0. The molecule has 0 aromatic rings. The first kappa shape index (κ1) is 37.4. The second-order valence-electron chi connectivity index (χ2n) is 12.5. The van der Waals surface area contributed by atoms with Gasteiger partial charge in [0.2, 0.25) is 0 Å². The van der Waals surface area contributed by atoms with Gasteiger partial charge >= 0.3 is 0 Å². The monoisotopic (exact) mass is 533 g/mol. The maximum Gasteiger partial charge on any atom is 0.0133 e. The SMILES string of the molecule is C=C=C(CCCCCCCCCN(CCCCCCCCC)N(C)C)CC(C)CCCCCCCCCC. The van der Waals surface area contributed by atoms with Crippen LogP contribution in [0.15, 0.2) is 17.9 Å². The molecule has 0 N–H and O–H groups in total. The Bertz CT molecular complexity index is 519. The van der Waals surface area contributed by atoms with Crippen molar-refractivity contribution in [2.75, 3.05) is 27.2 Å². The maximum atomic E-state index is 4.00. The summed E-state index contributed by atoms with van der Waals surface area (Å²) in [7, 11) is 4.43. The topological polar surface area (TPSA) is 6.48 Å². The third-order valence-corrected chi connectivity index (χ3v) is 8.38. The lowest BCUT2D eigenvalue weighted by atomic mass is 9.92. The fourth-order valence-corrected chi connectivity index (χ4v) is 5.69. The minimum Gasteiger partial charge on any atom is -0.248 e. The van der Waals surface area contributed by atoms with E-state index in [1.807, 2.05) is 0 Å². The standard InChI is InChI=1S/C36H72N2/c1-7-10-12-14-16-18-22-26-30-35(4)34-36(9-3)31-27-23-19-17-21-25-29-33-38(37(5)6)32-28-24-20-15-13-11-8-2/h35H,3,7-8,10-34H2,1-2,4-6H3. The Labute approximate surface area is 242 Å². The molecule has 0 aromatic carbocycles. The van der Waals surface area contributed by atoms with Crippen LogP contribution in [-0.4, -0.2) is 37.2 Å². The van der Waals surface area contributed by atoms with Gasteiger partial charge < -0.3 is 0 Å². The zero-order chi connectivity index (χ0) is 28.1. The van der Waals surface area contributed by atoms with Crippen molar-refractivity contribution in [3.63, 3.8) is 0 Å². The number of nitrogens with zero attached hydrogens (tertiary/aromatic N) is 2. The smallest absolute Gasteiger partial charge is 0.0133 e. The van der Waals surface area contributed by atoms with E-state index in [1.165, 1.54) is 179 Å². The molecule has 0 radical (unpaired) electrons. The van der Waals surface area contributed by atoms with E-state index in [0.717, 1.165) is 5.92 Å². The van der Waals surface area contributed by atoms with Gasteiger partial charge in [-0.3, -0.25) is 0 Å². The van der Waals surface area contributed by atoms with Gasteiger partial charge in [-0.15, -0.1) is 5.73 Å². The van der Waals surface area contributed by atoms with E-state index in [0.29, 0.717) is 0 Å². The minimum atomic E-state index is 0.798. The predicted octanol–water partition coefficient (Wildman–Crippen LogP) is 11.9. The Morgan fingerprint density at radius 2 is 0.974 bits per heavy atom. The largest absolute Gasteiger partial charge is 0.248 e. The fraction of sp³-hybridized carbons (Fsp3) is 0.917. The zero-order valence-corrected chi connectivity index (χ0v) is 27.3. The maximum absolute atomic E-state index is 4.00. The van der Waals surface area contributed by atoms with Crippen molar-refractivity contribution in [1.82, 2.24) is 10.0 Å². The average Bonchev–Trinajstić information content (AvgIpc) is 2.90. The van der Waals surface area contributed by atoms with E-state index in [2.05, 4.69) is 57.2 Å². The highest BCUT2D eigenvalue weighted by Crippen LogP contribution is 2.22. The van der Waals surface area contributed by atoms with Gasteiger partial charge in [0.1, 0.15) is 0 Å². The first-order valence-electron chi connectivity index (χ1n) is 17.3. The van der Waals surface area contributed by atoms with Gasteiger partial charge in [0, 0.05) is 27.2 Å². The summed E-state index contributed by atoms with van der Waals surface area (Å²) in [5, 5.41) is 4.88. The number of hydrogen-bond donors (Lipinski definition) is 0. The molecule has 38 heavy (non-hydrogen) atoms. The molecule has 2 nitrogen and oxygen atoms in total. The molecule has 0 saturated carbocycles. The predicted molar refractivity (Wildman–Crippen MR) is 174 cm³/mol. The normalized spacial score (nSPS) is 12.4. The van der Waals surface area contributed by atoms with E-state index in [-0.39, 0.29) is 0 Å². The number of hydrogen-bond acceptors (Lipinski definition) is 2. The van der Waals surface area contributed by atoms with Crippen LogP contribution < -0.4 is 0 Å². The third-order valence-electron chi connectivity index (χ3n) is 8.38. The van der Waals surface area contributed by atoms with Gasteiger partial charge in [-0.25, -0.2) is 10.0 Å². The average molecular weight is 533 g/mol. The van der Waals surface area contributed by atoms with E-state index in [9.17, 15) is 0 Å². The molecule has 226 valence electrons. The van der Waals surface area contributed by atoms with Crippen LogP contribution in [0.5, 0.6) is 0 Å². The molecule has 0 aliphatic rings. The molecule has 0 aromatic heterocycles. The van der Waals surface area contributed by atoms with Crippen molar-refractivity contribution in [3.05, 3.63) is 17.9 Å². The molecule has 0 amide bonds. The highest BCUT2D eigenvalue weighted by atomic mass is 15.6. The Morgan fingerprint density at radius 1 is 0.579 bits per heavy atom. The van der Waals surface area contributed by atoms with Crippen molar-refractivity contribution in [3.8, 4) is 0 Å². The summed E-state index contributed by atoms with van der Waals surface area (Å²) >= 11 is 0. The lowest BCUT2D eigenvalue weighted by molar-refractivity contribution is 0.0216. The Balaban J connectivity index is 3.67. The molecule has 0 spiro atoms. The second kappa shape index (κ2) is 29.4. The van der Waals surface area contributed by atoms with Crippen LogP contribution in [0.25, 0.3) is 0 Å². The summed E-state index contributed by atoms with van der Waals surface area (Å²) in [6.45, 7) is 13.5. The minimum absolute atomic E-state index is 0.798. The molecule has 0 heterocycles. The molecule has 1 unspecified atom stereocenters. The van der Waals surface area contributed by atoms with Gasteiger partial charge in [-0.05, 0) is 43.6 Å². The lowest BCUT2D eigenvalue weighted by Crippen LogP contribution is -2.38. The summed E-state index contributed by atoms with van der Waals surface area (Å²) < 4.78 is 0. The first-order valence-corrected chi connectivity index (χ1v) is 17.3. The molecule has 1 atom stereocenters. The van der Waals surface area contributed by atoms with Gasteiger partial charge in [0.25, 0.3) is 0 Å². The van der Waals surface area contributed by atoms with E-state index in [1.54, 1.807) is 0 Å². The Morgan fingerprint density at radius 3 is 1.39 bits per heavy atom. The number of unbranched alkanes of at least 4 members (excludes halogenated alkanes) is 19. The molecule has 0 rings (SSSR count). The number of rotatable bonds is 30. The van der Waals surface area contributed by atoms with Crippen LogP contribution in [-0.2, 0) is 0 Å². The molecule has 0 bridgehead atoms. The van der Waals surface area contributed by atoms with Crippen molar-refractivity contribution in [1.29, 1.82) is 0 Å². The van der Waals surface area contributed by atoms with Crippen molar-refractivity contribution < 1.29 is 0 Å².